The van der Waals surface area contributed by atoms with Crippen molar-refractivity contribution in [1.82, 2.24) is 10.2 Å². The molecule has 0 spiro atoms. The van der Waals surface area contributed by atoms with Gasteiger partial charge >= 0.3 is 5.97 Å². The van der Waals surface area contributed by atoms with Crippen molar-refractivity contribution in [2.75, 3.05) is 13.1 Å². The van der Waals surface area contributed by atoms with Crippen LogP contribution in [-0.2, 0) is 4.79 Å². The van der Waals surface area contributed by atoms with Crippen LogP contribution in [0.5, 0.6) is 0 Å². The molecular formula is C17H34N2O2. The highest BCUT2D eigenvalue weighted by atomic mass is 16.4. The molecule has 0 aromatic rings. The Kier molecular flexibility index (Phi) is 7.14. The van der Waals surface area contributed by atoms with Gasteiger partial charge in [0.2, 0.25) is 0 Å². The number of hydrogen-bond donors (Lipinski definition) is 2. The Hall–Kier alpha value is -0.610. The fourth-order valence-electron chi connectivity index (χ4n) is 3.14. The normalized spacial score (nSPS) is 18.5. The van der Waals surface area contributed by atoms with Crippen molar-refractivity contribution in [1.29, 1.82) is 0 Å². The highest BCUT2D eigenvalue weighted by Crippen LogP contribution is 2.28. The first-order valence-corrected chi connectivity index (χ1v) is 8.56. The molecule has 0 amide bonds. The first-order chi connectivity index (χ1) is 9.80. The van der Waals surface area contributed by atoms with Gasteiger partial charge in [-0.2, -0.15) is 0 Å². The number of carboxylic acid groups (broad SMARTS) is 1. The summed E-state index contributed by atoms with van der Waals surface area (Å²) in [5.41, 5.74) is -0.763. The molecule has 2 N–H and O–H groups in total. The molecule has 124 valence electrons. The maximum absolute atomic E-state index is 11.7. The number of carboxylic acids is 1. The van der Waals surface area contributed by atoms with E-state index in [-0.39, 0.29) is 6.04 Å². The van der Waals surface area contributed by atoms with Crippen LogP contribution in [0, 0.1) is 5.92 Å². The Labute approximate surface area is 130 Å². The quantitative estimate of drug-likeness (QED) is 0.615. The van der Waals surface area contributed by atoms with E-state index in [1.165, 1.54) is 12.8 Å². The van der Waals surface area contributed by atoms with E-state index in [0.717, 1.165) is 25.6 Å². The molecule has 1 unspecified atom stereocenters. The number of rotatable bonds is 11. The Bertz CT molecular complexity index is 327. The van der Waals surface area contributed by atoms with Gasteiger partial charge in [-0.05, 0) is 58.4 Å². The fourth-order valence-corrected chi connectivity index (χ4v) is 3.14. The summed E-state index contributed by atoms with van der Waals surface area (Å²) < 4.78 is 0. The Morgan fingerprint density at radius 3 is 2.33 bits per heavy atom. The zero-order valence-corrected chi connectivity index (χ0v) is 14.5. The summed E-state index contributed by atoms with van der Waals surface area (Å²) in [7, 11) is 0. The molecule has 0 saturated heterocycles. The summed E-state index contributed by atoms with van der Waals surface area (Å²) in [6.45, 7) is 12.7. The molecule has 1 aliphatic carbocycles. The largest absolute Gasteiger partial charge is 0.480 e. The zero-order chi connectivity index (χ0) is 16.0. The van der Waals surface area contributed by atoms with Crippen LogP contribution in [0.4, 0.5) is 0 Å². The average molecular weight is 298 g/mol. The van der Waals surface area contributed by atoms with E-state index in [1.807, 2.05) is 20.8 Å². The van der Waals surface area contributed by atoms with Crippen LogP contribution in [0.3, 0.4) is 0 Å². The molecule has 0 aromatic heterocycles. The van der Waals surface area contributed by atoms with Gasteiger partial charge in [0.1, 0.15) is 5.54 Å². The number of hydrogen-bond acceptors (Lipinski definition) is 3. The molecule has 0 heterocycles. The highest BCUT2D eigenvalue weighted by Gasteiger charge is 2.37. The second-order valence-corrected chi connectivity index (χ2v) is 7.26. The summed E-state index contributed by atoms with van der Waals surface area (Å²) >= 11 is 0. The Balaban J connectivity index is 2.53. The van der Waals surface area contributed by atoms with E-state index in [9.17, 15) is 9.90 Å². The van der Waals surface area contributed by atoms with E-state index in [0.29, 0.717) is 18.8 Å². The number of nitrogens with one attached hydrogen (secondary N) is 1. The van der Waals surface area contributed by atoms with Crippen molar-refractivity contribution in [3.05, 3.63) is 0 Å². The minimum Gasteiger partial charge on any atom is -0.480 e. The average Bonchev–Trinajstić information content (AvgIpc) is 3.19. The van der Waals surface area contributed by atoms with Crippen molar-refractivity contribution in [3.8, 4) is 0 Å². The van der Waals surface area contributed by atoms with Crippen molar-refractivity contribution in [2.45, 2.75) is 84.3 Å². The molecule has 4 nitrogen and oxygen atoms in total. The van der Waals surface area contributed by atoms with Gasteiger partial charge < -0.3 is 10.0 Å². The lowest BCUT2D eigenvalue weighted by molar-refractivity contribution is -0.145. The Morgan fingerprint density at radius 2 is 1.95 bits per heavy atom. The van der Waals surface area contributed by atoms with Crippen LogP contribution in [0.15, 0.2) is 0 Å². The van der Waals surface area contributed by atoms with Gasteiger partial charge in [-0.3, -0.25) is 10.1 Å². The second-order valence-electron chi connectivity index (χ2n) is 7.26. The van der Waals surface area contributed by atoms with E-state index >= 15 is 0 Å². The summed E-state index contributed by atoms with van der Waals surface area (Å²) in [4.78, 5) is 14.3. The molecule has 1 fully saturated rings. The molecule has 1 rings (SSSR count). The molecule has 0 bridgehead atoms. The van der Waals surface area contributed by atoms with Crippen LogP contribution in [-0.4, -0.2) is 46.7 Å². The first-order valence-electron chi connectivity index (χ1n) is 8.56. The maximum atomic E-state index is 11.7. The monoisotopic (exact) mass is 298 g/mol. The molecule has 1 aliphatic rings. The summed E-state index contributed by atoms with van der Waals surface area (Å²) in [5, 5.41) is 12.9. The number of aliphatic carboxylic acids is 1. The molecular weight excluding hydrogens is 264 g/mol. The van der Waals surface area contributed by atoms with E-state index in [2.05, 4.69) is 24.1 Å². The summed E-state index contributed by atoms with van der Waals surface area (Å²) in [6, 6.07) is 0.947. The summed E-state index contributed by atoms with van der Waals surface area (Å²) in [5.74, 6) is -0.0321. The van der Waals surface area contributed by atoms with Crippen LogP contribution in [0.1, 0.15) is 66.7 Å². The van der Waals surface area contributed by atoms with E-state index in [1.54, 1.807) is 0 Å². The van der Waals surface area contributed by atoms with Crippen LogP contribution in [0.2, 0.25) is 0 Å². The third kappa shape index (κ3) is 5.95. The second kappa shape index (κ2) is 8.14. The predicted molar refractivity (Wildman–Crippen MR) is 87.6 cm³/mol. The van der Waals surface area contributed by atoms with E-state index in [4.69, 9.17) is 0 Å². The summed E-state index contributed by atoms with van der Waals surface area (Å²) in [6.07, 6.45) is 4.92. The van der Waals surface area contributed by atoms with Gasteiger partial charge in [-0.1, -0.05) is 20.8 Å². The van der Waals surface area contributed by atoms with Crippen molar-refractivity contribution in [2.24, 2.45) is 5.92 Å². The maximum Gasteiger partial charge on any atom is 0.323 e. The van der Waals surface area contributed by atoms with E-state index < -0.39 is 11.5 Å². The van der Waals surface area contributed by atoms with Crippen LogP contribution in [0.25, 0.3) is 0 Å². The lowest BCUT2D eigenvalue weighted by Gasteiger charge is -2.33. The zero-order valence-electron chi connectivity index (χ0n) is 14.5. The number of carbonyl (C=O) groups is 1. The van der Waals surface area contributed by atoms with Crippen LogP contribution >= 0.6 is 0 Å². The van der Waals surface area contributed by atoms with Gasteiger partial charge in [0.05, 0.1) is 0 Å². The topological polar surface area (TPSA) is 52.6 Å². The third-order valence-electron chi connectivity index (χ3n) is 4.29. The van der Waals surface area contributed by atoms with Crippen molar-refractivity contribution in [3.63, 3.8) is 0 Å². The molecule has 21 heavy (non-hydrogen) atoms. The number of nitrogens with zero attached hydrogens (tertiary/aromatic N) is 1. The molecule has 1 saturated carbocycles. The van der Waals surface area contributed by atoms with Crippen molar-refractivity contribution >= 4 is 5.97 Å². The lowest BCUT2D eigenvalue weighted by Crippen LogP contribution is -2.54. The van der Waals surface area contributed by atoms with Gasteiger partial charge in [0, 0.05) is 18.6 Å². The molecule has 0 aliphatic heterocycles. The van der Waals surface area contributed by atoms with Gasteiger partial charge in [0.15, 0.2) is 0 Å². The van der Waals surface area contributed by atoms with Gasteiger partial charge in [-0.15, -0.1) is 0 Å². The molecule has 1 atom stereocenters. The Morgan fingerprint density at radius 1 is 1.33 bits per heavy atom. The minimum absolute atomic E-state index is 0.191. The van der Waals surface area contributed by atoms with Gasteiger partial charge in [0.25, 0.3) is 0 Å². The molecule has 0 radical (unpaired) electrons. The van der Waals surface area contributed by atoms with Gasteiger partial charge in [-0.25, -0.2) is 0 Å². The SMILES string of the molecule is CCC(CCCN(CC(C)C)C1CC1)(NC(C)C)C(=O)O. The minimum atomic E-state index is -0.763. The fraction of sp³-hybridized carbons (Fsp3) is 0.941. The molecule has 0 aromatic carbocycles. The smallest absolute Gasteiger partial charge is 0.323 e. The third-order valence-corrected chi connectivity index (χ3v) is 4.29. The highest BCUT2D eigenvalue weighted by molar-refractivity contribution is 5.78. The molecule has 4 heteroatoms. The first kappa shape index (κ1) is 18.4. The lowest BCUT2D eigenvalue weighted by atomic mass is 9.89. The van der Waals surface area contributed by atoms with Crippen LogP contribution < -0.4 is 5.32 Å². The standard InChI is InChI=1S/C17H34N2O2/c1-6-17(16(20)21,18-14(4)5)10-7-11-19(12-13(2)3)15-8-9-15/h13-15,18H,6-12H2,1-5H3,(H,20,21). The predicted octanol–water partition coefficient (Wildman–Crippen LogP) is 3.12. The van der Waals surface area contributed by atoms with Crippen molar-refractivity contribution < 1.29 is 9.90 Å².